The van der Waals surface area contributed by atoms with Crippen LogP contribution >= 0.6 is 27.5 Å². The van der Waals surface area contributed by atoms with Gasteiger partial charge in [0.05, 0.1) is 11.8 Å². The average molecular weight is 319 g/mol. The molecule has 1 N–H and O–H groups in total. The summed E-state index contributed by atoms with van der Waals surface area (Å²) in [6.07, 6.45) is 3.93. The molecule has 0 aromatic heterocycles. The maximum absolute atomic E-state index is 6.12. The minimum absolute atomic E-state index is 0.329. The van der Waals surface area contributed by atoms with Gasteiger partial charge in [-0.3, -0.25) is 0 Å². The Bertz CT molecular complexity index is 391. The smallest absolute Gasteiger partial charge is 0.0747 e. The van der Waals surface area contributed by atoms with Gasteiger partial charge in [-0.05, 0) is 59.8 Å². The number of rotatable bonds is 3. The fourth-order valence-electron chi connectivity index (χ4n) is 1.97. The van der Waals surface area contributed by atoms with Crippen LogP contribution in [0.2, 0.25) is 5.02 Å². The third-order valence-electron chi connectivity index (χ3n) is 3.04. The minimum Gasteiger partial charge on any atom is -0.381 e. The lowest BCUT2D eigenvalue weighted by molar-refractivity contribution is 0.0247. The molecule has 1 aliphatic heterocycles. The van der Waals surface area contributed by atoms with E-state index < -0.39 is 0 Å². The van der Waals surface area contributed by atoms with Gasteiger partial charge in [-0.1, -0.05) is 11.6 Å². The van der Waals surface area contributed by atoms with Gasteiger partial charge >= 0.3 is 0 Å². The van der Waals surface area contributed by atoms with Crippen molar-refractivity contribution >= 4 is 33.2 Å². The van der Waals surface area contributed by atoms with E-state index in [9.17, 15) is 0 Å². The number of benzene rings is 1. The predicted molar refractivity (Wildman–Crippen MR) is 76.0 cm³/mol. The molecule has 0 bridgehead atoms. The van der Waals surface area contributed by atoms with Crippen LogP contribution in [0.5, 0.6) is 0 Å². The minimum atomic E-state index is 0.329. The summed E-state index contributed by atoms with van der Waals surface area (Å²) in [6.45, 7) is 3.74. The molecule has 0 spiro atoms. The quantitative estimate of drug-likeness (QED) is 0.892. The van der Waals surface area contributed by atoms with Gasteiger partial charge in [-0.2, -0.15) is 0 Å². The number of hydrogen-bond acceptors (Lipinski definition) is 2. The van der Waals surface area contributed by atoms with Crippen LogP contribution in [-0.2, 0) is 4.74 Å². The Morgan fingerprint density at radius 1 is 1.47 bits per heavy atom. The second-order valence-corrected chi connectivity index (χ2v) is 5.71. The van der Waals surface area contributed by atoms with E-state index >= 15 is 0 Å². The van der Waals surface area contributed by atoms with Crippen molar-refractivity contribution in [1.29, 1.82) is 0 Å². The van der Waals surface area contributed by atoms with E-state index in [1.54, 1.807) is 0 Å². The van der Waals surface area contributed by atoms with E-state index in [-0.39, 0.29) is 0 Å². The Labute approximate surface area is 116 Å². The molecule has 1 aromatic rings. The van der Waals surface area contributed by atoms with Gasteiger partial charge in [0.15, 0.2) is 0 Å². The largest absolute Gasteiger partial charge is 0.381 e. The molecule has 2 rings (SSSR count). The molecule has 1 atom stereocenters. The fraction of sp³-hybridized carbons (Fsp3) is 0.538. The molecule has 0 saturated carbocycles. The Hall–Kier alpha value is -0.250. The van der Waals surface area contributed by atoms with Crippen molar-refractivity contribution in [3.63, 3.8) is 0 Å². The van der Waals surface area contributed by atoms with Crippen molar-refractivity contribution < 1.29 is 4.74 Å². The molecule has 1 heterocycles. The zero-order valence-corrected chi connectivity index (χ0v) is 12.3. The van der Waals surface area contributed by atoms with Crippen LogP contribution in [0.15, 0.2) is 16.6 Å². The molecule has 4 heteroatoms. The van der Waals surface area contributed by atoms with Gasteiger partial charge in [0.25, 0.3) is 0 Å². The molecule has 2 nitrogen and oxygen atoms in total. The molecular weight excluding hydrogens is 302 g/mol. The molecule has 1 saturated heterocycles. The molecule has 0 amide bonds. The number of hydrogen-bond donors (Lipinski definition) is 1. The van der Waals surface area contributed by atoms with Crippen LogP contribution in [0.4, 0.5) is 5.69 Å². The number of nitrogens with one attached hydrogen (secondary N) is 1. The molecule has 0 radical (unpaired) electrons. The Balaban J connectivity index is 1.96. The highest BCUT2D eigenvalue weighted by molar-refractivity contribution is 9.10. The highest BCUT2D eigenvalue weighted by Crippen LogP contribution is 2.29. The normalized spacial score (nSPS) is 20.3. The molecule has 1 aliphatic rings. The van der Waals surface area contributed by atoms with Crippen molar-refractivity contribution in [3.05, 3.63) is 27.2 Å². The standard InChI is InChI=1S/C13H17BrClNO/c1-9-6-11(14)13(7-12(9)15)16-8-10-4-2-3-5-17-10/h6-7,10,16H,2-5,8H2,1H3. The fourth-order valence-corrected chi connectivity index (χ4v) is 2.74. The summed E-state index contributed by atoms with van der Waals surface area (Å²) in [5, 5.41) is 4.19. The first-order chi connectivity index (χ1) is 8.16. The van der Waals surface area contributed by atoms with E-state index in [2.05, 4.69) is 21.2 Å². The monoisotopic (exact) mass is 317 g/mol. The zero-order chi connectivity index (χ0) is 12.3. The SMILES string of the molecule is Cc1cc(Br)c(NCC2CCCCO2)cc1Cl. The third kappa shape index (κ3) is 3.60. The van der Waals surface area contributed by atoms with Gasteiger partial charge in [0.1, 0.15) is 0 Å². The van der Waals surface area contributed by atoms with Crippen molar-refractivity contribution in [3.8, 4) is 0 Å². The summed E-state index contributed by atoms with van der Waals surface area (Å²) in [5.74, 6) is 0. The summed E-state index contributed by atoms with van der Waals surface area (Å²) in [7, 11) is 0. The molecule has 1 aromatic carbocycles. The van der Waals surface area contributed by atoms with E-state index in [1.165, 1.54) is 12.8 Å². The van der Waals surface area contributed by atoms with Crippen LogP contribution in [0, 0.1) is 6.92 Å². The van der Waals surface area contributed by atoms with E-state index in [0.29, 0.717) is 6.10 Å². The molecule has 17 heavy (non-hydrogen) atoms. The second kappa shape index (κ2) is 6.07. The number of anilines is 1. The lowest BCUT2D eigenvalue weighted by atomic mass is 10.1. The predicted octanol–water partition coefficient (Wildman–Crippen LogP) is 4.39. The van der Waals surface area contributed by atoms with Crippen LogP contribution in [0.25, 0.3) is 0 Å². The van der Waals surface area contributed by atoms with Gasteiger partial charge in [0, 0.05) is 22.6 Å². The zero-order valence-electron chi connectivity index (χ0n) is 9.93. The summed E-state index contributed by atoms with van der Waals surface area (Å²) in [5.41, 5.74) is 2.12. The van der Waals surface area contributed by atoms with E-state index in [0.717, 1.165) is 40.3 Å². The maximum atomic E-state index is 6.12. The van der Waals surface area contributed by atoms with E-state index in [1.807, 2.05) is 19.1 Å². The van der Waals surface area contributed by atoms with Crippen LogP contribution in [0.3, 0.4) is 0 Å². The number of aryl methyl sites for hydroxylation is 1. The van der Waals surface area contributed by atoms with E-state index in [4.69, 9.17) is 16.3 Å². The van der Waals surface area contributed by atoms with Crippen molar-refractivity contribution in [1.82, 2.24) is 0 Å². The lowest BCUT2D eigenvalue weighted by Crippen LogP contribution is -2.27. The maximum Gasteiger partial charge on any atom is 0.0747 e. The number of halogens is 2. The van der Waals surface area contributed by atoms with Crippen molar-refractivity contribution in [2.75, 3.05) is 18.5 Å². The summed E-state index contributed by atoms with van der Waals surface area (Å²) in [4.78, 5) is 0. The van der Waals surface area contributed by atoms with Gasteiger partial charge in [0.2, 0.25) is 0 Å². The van der Waals surface area contributed by atoms with Crippen LogP contribution in [0.1, 0.15) is 24.8 Å². The topological polar surface area (TPSA) is 21.3 Å². The molecule has 0 aliphatic carbocycles. The van der Waals surface area contributed by atoms with Crippen molar-refractivity contribution in [2.24, 2.45) is 0 Å². The first-order valence-electron chi connectivity index (χ1n) is 5.98. The second-order valence-electron chi connectivity index (χ2n) is 4.45. The summed E-state index contributed by atoms with van der Waals surface area (Å²) in [6, 6.07) is 4.00. The van der Waals surface area contributed by atoms with Crippen molar-refractivity contribution in [2.45, 2.75) is 32.3 Å². The Morgan fingerprint density at radius 2 is 2.29 bits per heavy atom. The number of ether oxygens (including phenoxy) is 1. The van der Waals surface area contributed by atoms with Crippen LogP contribution in [-0.4, -0.2) is 19.3 Å². The highest BCUT2D eigenvalue weighted by Gasteiger charge is 2.14. The average Bonchev–Trinajstić information content (AvgIpc) is 2.33. The first-order valence-corrected chi connectivity index (χ1v) is 7.15. The molecule has 94 valence electrons. The third-order valence-corrected chi connectivity index (χ3v) is 4.11. The summed E-state index contributed by atoms with van der Waals surface area (Å²) < 4.78 is 6.73. The summed E-state index contributed by atoms with van der Waals surface area (Å²) >= 11 is 9.66. The molecular formula is C13H17BrClNO. The van der Waals surface area contributed by atoms with Gasteiger partial charge < -0.3 is 10.1 Å². The Kier molecular flexibility index (Phi) is 4.71. The molecule has 1 unspecified atom stereocenters. The van der Waals surface area contributed by atoms with Gasteiger partial charge in [-0.25, -0.2) is 0 Å². The highest BCUT2D eigenvalue weighted by atomic mass is 79.9. The first kappa shape index (κ1) is 13.2. The molecule has 1 fully saturated rings. The Morgan fingerprint density at radius 3 is 3.00 bits per heavy atom. The lowest BCUT2D eigenvalue weighted by Gasteiger charge is -2.23. The van der Waals surface area contributed by atoms with Crippen LogP contribution < -0.4 is 5.32 Å². The van der Waals surface area contributed by atoms with Gasteiger partial charge in [-0.15, -0.1) is 0 Å².